The summed E-state index contributed by atoms with van der Waals surface area (Å²) in [6, 6.07) is 20.9. The van der Waals surface area contributed by atoms with Crippen LogP contribution in [0.5, 0.6) is 34.5 Å². The molecule has 0 atom stereocenters. The van der Waals surface area contributed by atoms with E-state index in [1.807, 2.05) is 0 Å². The van der Waals surface area contributed by atoms with Crippen molar-refractivity contribution in [3.8, 4) is 34.5 Å². The topological polar surface area (TPSA) is 173 Å². The maximum absolute atomic E-state index is 12.1. The van der Waals surface area contributed by atoms with Crippen molar-refractivity contribution in [1.82, 2.24) is 0 Å². The second kappa shape index (κ2) is 31.9. The van der Waals surface area contributed by atoms with Crippen molar-refractivity contribution >= 4 is 58.0 Å². The predicted molar refractivity (Wildman–Crippen MR) is 251 cm³/mol. The molecule has 0 aromatic heterocycles. The van der Waals surface area contributed by atoms with Gasteiger partial charge in [-0.3, -0.25) is 4.55 Å². The van der Waals surface area contributed by atoms with Crippen LogP contribution in [0.4, 0.5) is 0 Å². The van der Waals surface area contributed by atoms with Crippen LogP contribution in [0.25, 0.3) is 0 Å². The number of benzene rings is 4. The minimum absolute atomic E-state index is 0. The molecule has 10 nitrogen and oxygen atoms in total. The molecule has 0 aliphatic heterocycles. The van der Waals surface area contributed by atoms with Crippen LogP contribution in [0, 0.1) is 0 Å². The average molecular weight is 935 g/mol. The van der Waals surface area contributed by atoms with E-state index in [9.17, 15) is 36.2 Å². The fourth-order valence-electron chi connectivity index (χ4n) is 7.26. The molecule has 0 spiro atoms. The Labute approximate surface area is 408 Å². The summed E-state index contributed by atoms with van der Waals surface area (Å²) < 4.78 is 76.7. The molecule has 0 aliphatic rings. The Kier molecular flexibility index (Phi) is 28.5. The second-order valence-electron chi connectivity index (χ2n) is 16.2. The summed E-state index contributed by atoms with van der Waals surface area (Å²) in [5.74, 6) is 1.75. The third-order valence-corrected chi connectivity index (χ3v) is 12.5. The molecule has 63 heavy (non-hydrogen) atoms. The first-order valence-corrected chi connectivity index (χ1v) is 25.8. The number of rotatable bonds is 30. The smallest absolute Gasteiger partial charge is 0.872 e. The average Bonchev–Trinajstić information content (AvgIpc) is 3.24. The molecular weight excluding hydrogens is 865 g/mol. The summed E-state index contributed by atoms with van der Waals surface area (Å²) in [6.45, 7) is 4.48. The van der Waals surface area contributed by atoms with Crippen molar-refractivity contribution in [3.63, 3.8) is 0 Å². The molecule has 0 heterocycles. The molecule has 0 amide bonds. The summed E-state index contributed by atoms with van der Waals surface area (Å²) in [6.07, 6.45) is 29.3. The first-order valence-electron chi connectivity index (χ1n) is 22.9. The van der Waals surface area contributed by atoms with E-state index in [0.29, 0.717) is 29.2 Å². The van der Waals surface area contributed by atoms with Crippen LogP contribution in [0.1, 0.15) is 166 Å². The number of aryl methyl sites for hydroxylation is 2. The maximum atomic E-state index is 12.1. The zero-order valence-corrected chi connectivity index (χ0v) is 41.6. The molecule has 0 radical (unpaired) electrons. The second-order valence-corrected chi connectivity index (χ2v) is 19.0. The van der Waals surface area contributed by atoms with E-state index in [1.54, 1.807) is 42.5 Å². The molecular formula is C50H70CaO10S2. The molecule has 0 fully saturated rings. The quantitative estimate of drug-likeness (QED) is 0.0291. The van der Waals surface area contributed by atoms with E-state index < -0.39 is 20.2 Å². The van der Waals surface area contributed by atoms with Gasteiger partial charge in [-0.05, 0) is 91.9 Å². The summed E-state index contributed by atoms with van der Waals surface area (Å²) >= 11 is 0. The fraction of sp³-hybridized carbons (Fsp3) is 0.520. The third-order valence-electron chi connectivity index (χ3n) is 10.9. The van der Waals surface area contributed by atoms with Crippen molar-refractivity contribution in [3.05, 3.63) is 96.1 Å². The number of unbranched alkanes of at least 4 members (excludes halogenated alkanes) is 20. The van der Waals surface area contributed by atoms with Crippen molar-refractivity contribution in [1.29, 1.82) is 0 Å². The first kappa shape index (κ1) is 56.3. The van der Waals surface area contributed by atoms with E-state index in [2.05, 4.69) is 13.8 Å². The Morgan fingerprint density at radius 2 is 0.841 bits per heavy atom. The molecule has 4 aromatic carbocycles. The number of hydrogen-bond donors (Lipinski definition) is 2. The molecule has 13 heteroatoms. The van der Waals surface area contributed by atoms with Gasteiger partial charge in [0.05, 0.1) is 9.79 Å². The van der Waals surface area contributed by atoms with Gasteiger partial charge in [0.15, 0.2) is 0 Å². The normalized spacial score (nSPS) is 11.4. The summed E-state index contributed by atoms with van der Waals surface area (Å²) in [4.78, 5) is -0.559. The van der Waals surface area contributed by atoms with E-state index in [0.717, 1.165) is 37.7 Å². The Hall–Kier alpha value is -2.84. The summed E-state index contributed by atoms with van der Waals surface area (Å²) in [7, 11) is -8.82. The molecule has 0 saturated carbocycles. The van der Waals surface area contributed by atoms with Crippen LogP contribution in [-0.2, 0) is 33.1 Å². The molecule has 2 N–H and O–H groups in total. The van der Waals surface area contributed by atoms with Crippen molar-refractivity contribution in [2.45, 2.75) is 178 Å². The molecule has 4 rings (SSSR count). The van der Waals surface area contributed by atoms with Crippen molar-refractivity contribution in [2.24, 2.45) is 0 Å². The van der Waals surface area contributed by atoms with E-state index in [-0.39, 0.29) is 64.8 Å². The Balaban J connectivity index is 0.000000427. The largest absolute Gasteiger partial charge is 2.00 e. The van der Waals surface area contributed by atoms with E-state index in [1.165, 1.54) is 158 Å². The Bertz CT molecular complexity index is 1940. The molecule has 0 bridgehead atoms. The standard InChI is InChI=1S/2C25H36O5S.Ca/c2*1-2-3-4-5-6-7-8-9-10-11-12-14-21-19-23(17-18-25(21)26)30-22-15-13-16-24(20-22)31(27,28)29;/h2*13,15-20,26H,2-12,14H2,1H3,(H,27,28,29);/q;;+2/p-2. The number of ether oxygens (including phenoxy) is 2. The van der Waals surface area contributed by atoms with Crippen LogP contribution >= 0.6 is 0 Å². The Morgan fingerprint density at radius 3 is 1.29 bits per heavy atom. The monoisotopic (exact) mass is 934 g/mol. The summed E-state index contributed by atoms with van der Waals surface area (Å²) in [5, 5.41) is 22.3. The van der Waals surface area contributed by atoms with E-state index >= 15 is 0 Å². The number of aromatic hydroxyl groups is 1. The van der Waals surface area contributed by atoms with Crippen molar-refractivity contribution in [2.75, 3.05) is 0 Å². The Morgan fingerprint density at radius 1 is 0.476 bits per heavy atom. The van der Waals surface area contributed by atoms with Gasteiger partial charge in [0.1, 0.15) is 38.9 Å². The van der Waals surface area contributed by atoms with Crippen LogP contribution < -0.4 is 14.6 Å². The van der Waals surface area contributed by atoms with Gasteiger partial charge >= 0.3 is 37.7 Å². The molecule has 4 aromatic rings. The third kappa shape index (κ3) is 24.3. The summed E-state index contributed by atoms with van der Waals surface area (Å²) in [5.41, 5.74) is 1.51. The number of hydrogen-bond acceptors (Lipinski definition) is 9. The zero-order valence-electron chi connectivity index (χ0n) is 37.7. The van der Waals surface area contributed by atoms with Gasteiger partial charge in [0.25, 0.3) is 10.1 Å². The van der Waals surface area contributed by atoms with Crippen LogP contribution in [0.15, 0.2) is 94.7 Å². The minimum Gasteiger partial charge on any atom is -0.872 e. The maximum Gasteiger partial charge on any atom is 2.00 e. The van der Waals surface area contributed by atoms with Gasteiger partial charge in [-0.25, -0.2) is 8.42 Å². The van der Waals surface area contributed by atoms with Gasteiger partial charge in [-0.15, -0.1) is 5.75 Å². The van der Waals surface area contributed by atoms with E-state index in [4.69, 9.17) is 9.47 Å². The predicted octanol–water partition coefficient (Wildman–Crippen LogP) is 13.2. The molecule has 0 unspecified atom stereocenters. The minimum atomic E-state index is -4.54. The first-order chi connectivity index (χ1) is 29.8. The van der Waals surface area contributed by atoms with Gasteiger partial charge in [-0.2, -0.15) is 8.42 Å². The molecule has 0 saturated heterocycles. The zero-order chi connectivity index (χ0) is 45.1. The van der Waals surface area contributed by atoms with Crippen LogP contribution in [0.2, 0.25) is 0 Å². The number of phenols is 1. The van der Waals surface area contributed by atoms with Crippen LogP contribution in [-0.4, -0.2) is 68.8 Å². The molecule has 344 valence electrons. The van der Waals surface area contributed by atoms with Gasteiger partial charge < -0.3 is 24.2 Å². The number of phenolic OH excluding ortho intramolecular Hbond substituents is 1. The SMILES string of the molecule is CCCCCCCCCCCCCc1cc(Oc2cccc(S(=O)(=O)O)c2)ccc1O.CCCCCCCCCCCCCc1cc(Oc2cccc(S(=O)(=O)[O-])c2)ccc1[O-].[Ca+2]. The van der Waals surface area contributed by atoms with Gasteiger partial charge in [0.2, 0.25) is 0 Å². The van der Waals surface area contributed by atoms with Gasteiger partial charge in [-0.1, -0.05) is 166 Å². The fourth-order valence-corrected chi connectivity index (χ4v) is 8.28. The van der Waals surface area contributed by atoms with Crippen LogP contribution in [0.3, 0.4) is 0 Å². The molecule has 0 aliphatic carbocycles. The van der Waals surface area contributed by atoms with Gasteiger partial charge in [0, 0.05) is 6.07 Å². The van der Waals surface area contributed by atoms with Crippen molar-refractivity contribution < 1.29 is 45.6 Å².